The number of rotatable bonds is 5. The second kappa shape index (κ2) is 8.00. The van der Waals surface area contributed by atoms with Gasteiger partial charge in [-0.15, -0.1) is 11.8 Å². The summed E-state index contributed by atoms with van der Waals surface area (Å²) in [6.45, 7) is -0.0944. The van der Waals surface area contributed by atoms with E-state index in [2.05, 4.69) is 5.32 Å². The Morgan fingerprint density at radius 2 is 2.00 bits per heavy atom. The van der Waals surface area contributed by atoms with Crippen LogP contribution in [0, 0.1) is 0 Å². The van der Waals surface area contributed by atoms with E-state index in [1.165, 1.54) is 24.9 Å². The molecule has 4 rings (SSSR count). The van der Waals surface area contributed by atoms with Crippen LogP contribution in [0.1, 0.15) is 12.0 Å². The molecular weight excluding hydrogens is 394 g/mol. The Kier molecular flexibility index (Phi) is 5.26. The van der Waals surface area contributed by atoms with Crippen LogP contribution in [0.15, 0.2) is 62.6 Å². The molecule has 0 fully saturated rings. The predicted octanol–water partition coefficient (Wildman–Crippen LogP) is 3.35. The lowest BCUT2D eigenvalue weighted by Crippen LogP contribution is -2.31. The zero-order valence-corrected chi connectivity index (χ0v) is 16.3. The Morgan fingerprint density at radius 3 is 2.83 bits per heavy atom. The van der Waals surface area contributed by atoms with Crippen molar-refractivity contribution in [3.63, 3.8) is 0 Å². The van der Waals surface area contributed by atoms with Crippen LogP contribution in [-0.4, -0.2) is 24.2 Å². The van der Waals surface area contributed by atoms with Crippen molar-refractivity contribution >= 4 is 40.3 Å². The highest BCUT2D eigenvalue weighted by atomic mass is 32.2. The third kappa shape index (κ3) is 4.12. The third-order valence-corrected chi connectivity index (χ3v) is 5.76. The van der Waals surface area contributed by atoms with Gasteiger partial charge in [-0.3, -0.25) is 9.59 Å². The first kappa shape index (κ1) is 19.1. The maximum Gasteiger partial charge on any atom is 0.336 e. The molecule has 7 nitrogen and oxygen atoms in total. The molecule has 0 radical (unpaired) electrons. The van der Waals surface area contributed by atoms with E-state index in [1.807, 2.05) is 24.3 Å². The van der Waals surface area contributed by atoms with E-state index in [-0.39, 0.29) is 18.9 Å². The van der Waals surface area contributed by atoms with Crippen LogP contribution in [0.4, 0.5) is 5.69 Å². The van der Waals surface area contributed by atoms with Crippen molar-refractivity contribution in [1.82, 2.24) is 0 Å². The van der Waals surface area contributed by atoms with Crippen LogP contribution in [0.2, 0.25) is 0 Å². The van der Waals surface area contributed by atoms with Crippen LogP contribution in [-0.2, 0) is 20.9 Å². The summed E-state index contributed by atoms with van der Waals surface area (Å²) < 4.78 is 15.7. The van der Waals surface area contributed by atoms with Gasteiger partial charge in [-0.25, -0.2) is 4.79 Å². The Hall–Kier alpha value is -3.26. The van der Waals surface area contributed by atoms with E-state index in [4.69, 9.17) is 13.9 Å². The van der Waals surface area contributed by atoms with E-state index in [9.17, 15) is 14.4 Å². The zero-order chi connectivity index (χ0) is 20.4. The number of benzene rings is 2. The Labute approximate surface area is 170 Å². The average Bonchev–Trinajstić information content (AvgIpc) is 2.72. The molecule has 0 aliphatic carbocycles. The van der Waals surface area contributed by atoms with E-state index >= 15 is 0 Å². The monoisotopic (exact) mass is 411 g/mol. The standard InChI is InChI=1S/C21H17NO6S/c1-26-13-6-7-14-12(8-20(24)28-16(14)9-13)11-27-19(23)10-18-21(25)22-15-4-2-3-5-17(15)29-18/h2-9,18H,10-11H2,1H3,(H,22,25)/t18-/m0/s1. The van der Waals surface area contributed by atoms with Gasteiger partial charge in [0.05, 0.1) is 24.5 Å². The number of nitrogens with one attached hydrogen (secondary N) is 1. The van der Waals surface area contributed by atoms with Gasteiger partial charge in [-0.1, -0.05) is 12.1 Å². The maximum absolute atomic E-state index is 12.3. The lowest BCUT2D eigenvalue weighted by Gasteiger charge is -2.23. The SMILES string of the molecule is COc1ccc2c(COC(=O)C[C@@H]3Sc4ccccc4NC3=O)cc(=O)oc2c1. The van der Waals surface area contributed by atoms with Gasteiger partial charge in [0.2, 0.25) is 5.91 Å². The largest absolute Gasteiger partial charge is 0.497 e. The van der Waals surface area contributed by atoms with Crippen LogP contribution in [0.25, 0.3) is 11.0 Å². The minimum Gasteiger partial charge on any atom is -0.497 e. The highest BCUT2D eigenvalue weighted by molar-refractivity contribution is 8.01. The number of hydrogen-bond donors (Lipinski definition) is 1. The summed E-state index contributed by atoms with van der Waals surface area (Å²) in [5.41, 5.74) is 1.07. The molecule has 1 aliphatic rings. The van der Waals surface area contributed by atoms with Gasteiger partial charge in [0.25, 0.3) is 0 Å². The first-order valence-electron chi connectivity index (χ1n) is 8.86. The quantitative estimate of drug-likeness (QED) is 0.508. The minimum absolute atomic E-state index is 0.0714. The molecule has 2 aromatic carbocycles. The van der Waals surface area contributed by atoms with E-state index in [0.717, 1.165) is 10.6 Å². The first-order chi connectivity index (χ1) is 14.0. The fourth-order valence-electron chi connectivity index (χ4n) is 3.05. The molecule has 0 saturated heterocycles. The second-order valence-corrected chi connectivity index (χ2v) is 7.65. The number of fused-ring (bicyclic) bond motifs is 2. The molecule has 0 unspecified atom stereocenters. The van der Waals surface area contributed by atoms with Gasteiger partial charge >= 0.3 is 11.6 Å². The Morgan fingerprint density at radius 1 is 1.17 bits per heavy atom. The molecular formula is C21H17NO6S. The molecule has 1 aromatic heterocycles. The van der Waals surface area contributed by atoms with Gasteiger partial charge in [0.15, 0.2) is 0 Å². The van der Waals surface area contributed by atoms with Gasteiger partial charge < -0.3 is 19.2 Å². The average molecular weight is 411 g/mol. The Balaban J connectivity index is 1.45. The van der Waals surface area contributed by atoms with Crippen LogP contribution in [0.5, 0.6) is 5.75 Å². The number of carbonyl (C=O) groups excluding carboxylic acids is 2. The molecule has 0 bridgehead atoms. The molecule has 0 spiro atoms. The molecule has 0 saturated carbocycles. The van der Waals surface area contributed by atoms with E-state index in [0.29, 0.717) is 22.3 Å². The number of carbonyl (C=O) groups is 2. The molecule has 3 aromatic rings. The summed E-state index contributed by atoms with van der Waals surface area (Å²) in [5.74, 6) is -0.203. The van der Waals surface area contributed by atoms with Crippen LogP contribution >= 0.6 is 11.8 Å². The first-order valence-corrected chi connectivity index (χ1v) is 9.74. The van der Waals surface area contributed by atoms with E-state index in [1.54, 1.807) is 18.2 Å². The number of thioether (sulfide) groups is 1. The van der Waals surface area contributed by atoms with Crippen molar-refractivity contribution in [2.45, 2.75) is 23.2 Å². The molecule has 1 atom stereocenters. The second-order valence-electron chi connectivity index (χ2n) is 6.41. The van der Waals surface area contributed by atoms with Crippen LogP contribution in [0.3, 0.4) is 0 Å². The number of anilines is 1. The summed E-state index contributed by atoms with van der Waals surface area (Å²) >= 11 is 1.33. The molecule has 1 N–H and O–H groups in total. The van der Waals surface area contributed by atoms with Crippen LogP contribution < -0.4 is 15.7 Å². The van der Waals surface area contributed by atoms with Crippen molar-refractivity contribution in [2.24, 2.45) is 0 Å². The third-order valence-electron chi connectivity index (χ3n) is 4.48. The Bertz CT molecular complexity index is 1160. The summed E-state index contributed by atoms with van der Waals surface area (Å²) in [5, 5.41) is 2.88. The van der Waals surface area contributed by atoms with Crippen molar-refractivity contribution in [3.8, 4) is 5.75 Å². The summed E-state index contributed by atoms with van der Waals surface area (Å²) in [4.78, 5) is 37.3. The topological polar surface area (TPSA) is 94.8 Å². The zero-order valence-electron chi connectivity index (χ0n) is 15.5. The molecule has 1 amide bonds. The van der Waals surface area contributed by atoms with Crippen molar-refractivity contribution in [2.75, 3.05) is 12.4 Å². The molecule has 148 valence electrons. The predicted molar refractivity (Wildman–Crippen MR) is 108 cm³/mol. The van der Waals surface area contributed by atoms with Crippen molar-refractivity contribution in [3.05, 3.63) is 64.5 Å². The van der Waals surface area contributed by atoms with Gasteiger partial charge in [-0.05, 0) is 24.3 Å². The lowest BCUT2D eigenvalue weighted by atomic mass is 10.1. The van der Waals surface area contributed by atoms with Crippen molar-refractivity contribution < 1.29 is 23.5 Å². The highest BCUT2D eigenvalue weighted by Gasteiger charge is 2.29. The minimum atomic E-state index is -0.570. The molecule has 1 aliphatic heterocycles. The maximum atomic E-state index is 12.3. The molecule has 8 heteroatoms. The number of hydrogen-bond acceptors (Lipinski definition) is 7. The van der Waals surface area contributed by atoms with Gasteiger partial charge in [-0.2, -0.15) is 0 Å². The van der Waals surface area contributed by atoms with Gasteiger partial charge in [0.1, 0.15) is 17.9 Å². The smallest absolute Gasteiger partial charge is 0.336 e. The molecule has 2 heterocycles. The summed E-state index contributed by atoms with van der Waals surface area (Å²) in [6, 6.07) is 13.8. The number of para-hydroxylation sites is 1. The fraction of sp³-hybridized carbons (Fsp3) is 0.190. The summed E-state index contributed by atoms with van der Waals surface area (Å²) in [7, 11) is 1.52. The summed E-state index contributed by atoms with van der Waals surface area (Å²) in [6.07, 6.45) is -0.0714. The van der Waals surface area contributed by atoms with Crippen molar-refractivity contribution in [1.29, 1.82) is 0 Å². The van der Waals surface area contributed by atoms with Gasteiger partial charge in [0, 0.05) is 28.0 Å². The highest BCUT2D eigenvalue weighted by Crippen LogP contribution is 2.36. The lowest BCUT2D eigenvalue weighted by molar-refractivity contribution is -0.145. The molecule has 29 heavy (non-hydrogen) atoms. The number of ether oxygens (including phenoxy) is 2. The number of methoxy groups -OCH3 is 1. The normalized spacial score (nSPS) is 15.5. The number of esters is 1. The van der Waals surface area contributed by atoms with E-state index < -0.39 is 16.8 Å². The fourth-order valence-corrected chi connectivity index (χ4v) is 4.15. The number of amides is 1.